The molecule has 4 nitrogen and oxygen atoms in total. The Morgan fingerprint density at radius 3 is 2.76 bits per heavy atom. The lowest BCUT2D eigenvalue weighted by Gasteiger charge is -2.35. The summed E-state index contributed by atoms with van der Waals surface area (Å²) in [6.45, 7) is 4.27. The zero-order valence-corrected chi connectivity index (χ0v) is 13.2. The second kappa shape index (κ2) is 6.41. The first-order valence-electron chi connectivity index (χ1n) is 7.25. The molecule has 114 valence electrons. The quantitative estimate of drug-likeness (QED) is 0.596. The maximum Gasteiger partial charge on any atom is 0.305 e. The fourth-order valence-electron chi connectivity index (χ4n) is 2.72. The lowest BCUT2D eigenvalue weighted by Crippen LogP contribution is -2.44. The highest BCUT2D eigenvalue weighted by Crippen LogP contribution is 2.32. The van der Waals surface area contributed by atoms with Crippen molar-refractivity contribution in [2.24, 2.45) is 0 Å². The van der Waals surface area contributed by atoms with Crippen molar-refractivity contribution in [2.75, 3.05) is 27.2 Å². The first kappa shape index (κ1) is 15.7. The number of hydrogen-bond donors (Lipinski definition) is 0. The molecule has 0 fully saturated rings. The number of nitrogens with zero attached hydrogens (tertiary/aromatic N) is 1. The fourth-order valence-corrected chi connectivity index (χ4v) is 2.72. The van der Waals surface area contributed by atoms with Crippen LogP contribution >= 0.6 is 0 Å². The molecule has 0 aromatic heterocycles. The Hall–Kier alpha value is -1.65. The number of carbonyl (C=O) groups is 1. The smallest absolute Gasteiger partial charge is 0.305 e. The Kier molecular flexibility index (Phi) is 4.80. The van der Waals surface area contributed by atoms with Gasteiger partial charge in [-0.2, -0.15) is 0 Å². The monoisotopic (exact) mass is 289 g/mol. The van der Waals surface area contributed by atoms with Crippen molar-refractivity contribution in [1.29, 1.82) is 0 Å². The van der Waals surface area contributed by atoms with Gasteiger partial charge in [0.2, 0.25) is 0 Å². The number of carbonyl (C=O) groups excluding carboxylic acids is 1. The standard InChI is InChI=1S/C17H23NO3/c1-5-20-17(12-18(3)4,21-13(2)19)16-10-9-14-7-6-8-15(14)11-16/h6-7,9-11H,5,8,12H2,1-4H3. The van der Waals surface area contributed by atoms with Crippen molar-refractivity contribution in [3.05, 3.63) is 41.0 Å². The summed E-state index contributed by atoms with van der Waals surface area (Å²) in [4.78, 5) is 13.6. The molecule has 1 aromatic carbocycles. The third-order valence-electron chi connectivity index (χ3n) is 3.43. The van der Waals surface area contributed by atoms with Gasteiger partial charge < -0.3 is 14.4 Å². The van der Waals surface area contributed by atoms with Crippen LogP contribution < -0.4 is 0 Å². The SMILES string of the molecule is CCOC(CN(C)C)(OC(C)=O)c1ccc2c(c1)CC=C2. The molecule has 1 aliphatic carbocycles. The molecule has 0 saturated carbocycles. The average molecular weight is 289 g/mol. The maximum atomic E-state index is 11.6. The molecule has 0 amide bonds. The molecule has 0 bridgehead atoms. The van der Waals surface area contributed by atoms with Crippen LogP contribution in [-0.4, -0.2) is 38.1 Å². The van der Waals surface area contributed by atoms with Crippen molar-refractivity contribution in [1.82, 2.24) is 4.90 Å². The summed E-state index contributed by atoms with van der Waals surface area (Å²) in [6, 6.07) is 6.12. The molecular formula is C17H23NO3. The zero-order valence-electron chi connectivity index (χ0n) is 13.2. The third kappa shape index (κ3) is 3.52. The highest BCUT2D eigenvalue weighted by molar-refractivity contribution is 5.67. The van der Waals surface area contributed by atoms with Crippen LogP contribution in [-0.2, 0) is 26.5 Å². The second-order valence-corrected chi connectivity index (χ2v) is 5.54. The number of allylic oxidation sites excluding steroid dienone is 1. The normalized spacial score (nSPS) is 15.9. The minimum absolute atomic E-state index is 0.344. The predicted octanol–water partition coefficient (Wildman–Crippen LogP) is 2.57. The zero-order chi connectivity index (χ0) is 15.5. The highest BCUT2D eigenvalue weighted by atomic mass is 16.7. The van der Waals surface area contributed by atoms with Crippen LogP contribution in [0.5, 0.6) is 0 Å². The van der Waals surface area contributed by atoms with E-state index in [4.69, 9.17) is 9.47 Å². The van der Waals surface area contributed by atoms with E-state index in [1.807, 2.05) is 32.0 Å². The van der Waals surface area contributed by atoms with E-state index in [9.17, 15) is 4.79 Å². The number of likely N-dealkylation sites (N-methyl/N-ethyl adjacent to an activating group) is 1. The molecule has 21 heavy (non-hydrogen) atoms. The van der Waals surface area contributed by atoms with Crippen molar-refractivity contribution < 1.29 is 14.3 Å². The van der Waals surface area contributed by atoms with E-state index < -0.39 is 5.79 Å². The largest absolute Gasteiger partial charge is 0.427 e. The molecule has 0 spiro atoms. The van der Waals surface area contributed by atoms with Crippen LogP contribution in [0.2, 0.25) is 0 Å². The van der Waals surface area contributed by atoms with Crippen molar-refractivity contribution >= 4 is 12.0 Å². The summed E-state index contributed by atoms with van der Waals surface area (Å²) >= 11 is 0. The number of rotatable bonds is 6. The Labute approximate surface area is 126 Å². The molecule has 0 saturated heterocycles. The van der Waals surface area contributed by atoms with E-state index in [0.717, 1.165) is 12.0 Å². The lowest BCUT2D eigenvalue weighted by molar-refractivity contribution is -0.241. The molecular weight excluding hydrogens is 266 g/mol. The Bertz CT molecular complexity index is 551. The van der Waals surface area contributed by atoms with Crippen molar-refractivity contribution in [3.8, 4) is 0 Å². The van der Waals surface area contributed by atoms with E-state index in [1.165, 1.54) is 18.1 Å². The fraction of sp³-hybridized carbons (Fsp3) is 0.471. The van der Waals surface area contributed by atoms with Gasteiger partial charge in [-0.05, 0) is 44.6 Å². The molecule has 4 heteroatoms. The molecule has 0 N–H and O–H groups in total. The Balaban J connectivity index is 2.43. The van der Waals surface area contributed by atoms with E-state index in [1.54, 1.807) is 0 Å². The highest BCUT2D eigenvalue weighted by Gasteiger charge is 2.38. The van der Waals surface area contributed by atoms with Gasteiger partial charge >= 0.3 is 5.97 Å². The molecule has 1 unspecified atom stereocenters. The average Bonchev–Trinajstić information content (AvgIpc) is 2.84. The predicted molar refractivity (Wildman–Crippen MR) is 82.8 cm³/mol. The van der Waals surface area contributed by atoms with Gasteiger partial charge in [-0.15, -0.1) is 0 Å². The first-order valence-corrected chi connectivity index (χ1v) is 7.25. The summed E-state index contributed by atoms with van der Waals surface area (Å²) < 4.78 is 11.5. The van der Waals surface area contributed by atoms with Crippen molar-refractivity contribution in [2.45, 2.75) is 26.1 Å². The van der Waals surface area contributed by atoms with Crippen LogP contribution in [0.3, 0.4) is 0 Å². The van der Waals surface area contributed by atoms with Crippen LogP contribution in [0.15, 0.2) is 24.3 Å². The Morgan fingerprint density at radius 1 is 1.38 bits per heavy atom. The minimum atomic E-state index is -1.05. The van der Waals surface area contributed by atoms with Gasteiger partial charge in [0.25, 0.3) is 5.79 Å². The summed E-state index contributed by atoms with van der Waals surface area (Å²) in [5, 5.41) is 0. The summed E-state index contributed by atoms with van der Waals surface area (Å²) in [7, 11) is 3.87. The number of ether oxygens (including phenoxy) is 2. The van der Waals surface area contributed by atoms with Crippen molar-refractivity contribution in [3.63, 3.8) is 0 Å². The minimum Gasteiger partial charge on any atom is -0.427 e. The first-order chi connectivity index (χ1) is 9.97. The summed E-state index contributed by atoms with van der Waals surface area (Å²) in [5.74, 6) is -1.40. The van der Waals surface area contributed by atoms with Gasteiger partial charge in [0.05, 0.1) is 6.54 Å². The number of benzene rings is 1. The molecule has 2 rings (SSSR count). The molecule has 0 heterocycles. The van der Waals surface area contributed by atoms with E-state index in [-0.39, 0.29) is 5.97 Å². The Morgan fingerprint density at radius 2 is 2.14 bits per heavy atom. The topological polar surface area (TPSA) is 38.8 Å². The van der Waals surface area contributed by atoms with Gasteiger partial charge in [0.1, 0.15) is 0 Å². The van der Waals surface area contributed by atoms with E-state index in [0.29, 0.717) is 13.2 Å². The number of hydrogen-bond acceptors (Lipinski definition) is 4. The van der Waals surface area contributed by atoms with Crippen LogP contribution in [0.4, 0.5) is 0 Å². The third-order valence-corrected chi connectivity index (χ3v) is 3.43. The number of fused-ring (bicyclic) bond motifs is 1. The van der Waals surface area contributed by atoms with Crippen LogP contribution in [0.1, 0.15) is 30.5 Å². The molecule has 0 aliphatic heterocycles. The van der Waals surface area contributed by atoms with Gasteiger partial charge in [0.15, 0.2) is 0 Å². The van der Waals surface area contributed by atoms with E-state index >= 15 is 0 Å². The van der Waals surface area contributed by atoms with Gasteiger partial charge in [-0.25, -0.2) is 0 Å². The lowest BCUT2D eigenvalue weighted by atomic mass is 9.99. The van der Waals surface area contributed by atoms with Gasteiger partial charge in [0, 0.05) is 19.1 Å². The summed E-state index contributed by atoms with van der Waals surface area (Å²) in [6.07, 6.45) is 5.15. The maximum absolute atomic E-state index is 11.6. The van der Waals surface area contributed by atoms with Crippen LogP contribution in [0.25, 0.3) is 6.08 Å². The van der Waals surface area contributed by atoms with Crippen LogP contribution in [0, 0.1) is 0 Å². The molecule has 1 aromatic rings. The van der Waals surface area contributed by atoms with E-state index in [2.05, 4.69) is 24.3 Å². The molecule has 0 radical (unpaired) electrons. The molecule has 1 aliphatic rings. The number of esters is 1. The van der Waals surface area contributed by atoms with Gasteiger partial charge in [-0.3, -0.25) is 4.79 Å². The summed E-state index contributed by atoms with van der Waals surface area (Å²) in [5.41, 5.74) is 3.34. The molecule has 1 atom stereocenters. The van der Waals surface area contributed by atoms with Gasteiger partial charge in [-0.1, -0.05) is 24.3 Å². The second-order valence-electron chi connectivity index (χ2n) is 5.54.